The van der Waals surface area contributed by atoms with Gasteiger partial charge in [-0.25, -0.2) is 13.4 Å². The van der Waals surface area contributed by atoms with E-state index in [1.807, 2.05) is 0 Å². The van der Waals surface area contributed by atoms with Gasteiger partial charge in [-0.3, -0.25) is 0 Å². The van der Waals surface area contributed by atoms with E-state index in [1.165, 1.54) is 6.26 Å². The van der Waals surface area contributed by atoms with Crippen molar-refractivity contribution in [3.05, 3.63) is 18.3 Å². The molecule has 0 aliphatic carbocycles. The molecular weight excluding hydrogens is 272 g/mol. The number of aromatic nitrogens is 1. The summed E-state index contributed by atoms with van der Waals surface area (Å²) in [5.74, 6) is 1.28. The first-order valence-corrected chi connectivity index (χ1v) is 8.26. The van der Waals surface area contributed by atoms with Crippen molar-refractivity contribution in [1.29, 1.82) is 0 Å². The Hall–Kier alpha value is -0.810. The Labute approximate surface area is 114 Å². The molecule has 0 aliphatic heterocycles. The van der Waals surface area contributed by atoms with Crippen LogP contribution in [0.25, 0.3) is 0 Å². The van der Waals surface area contributed by atoms with E-state index < -0.39 is 9.84 Å². The van der Waals surface area contributed by atoms with Crippen LogP contribution in [0, 0.1) is 5.92 Å². The van der Waals surface area contributed by atoms with Crippen LogP contribution in [-0.4, -0.2) is 31.6 Å². The molecule has 4 nitrogen and oxygen atoms in total. The third kappa shape index (κ3) is 4.14. The van der Waals surface area contributed by atoms with E-state index in [0.717, 1.165) is 6.42 Å². The zero-order chi connectivity index (χ0) is 13.8. The minimum absolute atomic E-state index is 0.109. The monoisotopic (exact) mass is 290 g/mol. The van der Waals surface area contributed by atoms with Crippen molar-refractivity contribution in [2.24, 2.45) is 5.92 Å². The fourth-order valence-electron chi connectivity index (χ4n) is 1.66. The van der Waals surface area contributed by atoms with Crippen LogP contribution in [0.2, 0.25) is 0 Å². The number of hydrogen-bond acceptors (Lipinski definition) is 4. The lowest BCUT2D eigenvalue weighted by atomic mass is 10.0. The van der Waals surface area contributed by atoms with Gasteiger partial charge >= 0.3 is 0 Å². The zero-order valence-electron chi connectivity index (χ0n) is 10.9. The predicted octanol–water partition coefficient (Wildman–Crippen LogP) is 2.55. The van der Waals surface area contributed by atoms with Crippen LogP contribution in [0.1, 0.15) is 20.3 Å². The van der Waals surface area contributed by atoms with Gasteiger partial charge in [-0.2, -0.15) is 0 Å². The maximum atomic E-state index is 11.7. The lowest BCUT2D eigenvalue weighted by Gasteiger charge is -2.23. The van der Waals surface area contributed by atoms with Crippen LogP contribution in [-0.2, 0) is 9.84 Å². The maximum Gasteiger partial charge on any atom is 0.179 e. The lowest BCUT2D eigenvalue weighted by molar-refractivity contribution is 0.510. The van der Waals surface area contributed by atoms with E-state index in [2.05, 4.69) is 24.1 Å². The summed E-state index contributed by atoms with van der Waals surface area (Å²) in [7, 11) is -3.28. The number of halogens is 1. The Bertz CT molecular complexity index is 489. The topological polar surface area (TPSA) is 59.1 Å². The van der Waals surface area contributed by atoms with Crippen molar-refractivity contribution in [1.82, 2.24) is 4.98 Å². The van der Waals surface area contributed by atoms with Gasteiger partial charge in [-0.1, -0.05) is 13.8 Å². The molecule has 1 rings (SSSR count). The molecule has 0 amide bonds. The second-order valence-electron chi connectivity index (χ2n) is 4.59. The molecule has 18 heavy (non-hydrogen) atoms. The van der Waals surface area contributed by atoms with E-state index in [0.29, 0.717) is 17.6 Å². The molecule has 6 heteroatoms. The van der Waals surface area contributed by atoms with Crippen molar-refractivity contribution >= 4 is 27.3 Å². The summed E-state index contributed by atoms with van der Waals surface area (Å²) in [6.07, 6.45) is 3.52. The fraction of sp³-hybridized carbons (Fsp3) is 0.583. The predicted molar refractivity (Wildman–Crippen MR) is 74.9 cm³/mol. The zero-order valence-corrected chi connectivity index (χ0v) is 12.4. The first-order valence-electron chi connectivity index (χ1n) is 5.84. The number of nitrogens with zero attached hydrogens (tertiary/aromatic N) is 1. The number of sulfone groups is 1. The molecule has 0 aliphatic rings. The highest BCUT2D eigenvalue weighted by Gasteiger charge is 2.18. The Balaban J connectivity index is 3.03. The van der Waals surface area contributed by atoms with Gasteiger partial charge in [-0.15, -0.1) is 11.6 Å². The molecule has 1 aromatic heterocycles. The molecule has 0 spiro atoms. The Morgan fingerprint density at radius 2 is 2.11 bits per heavy atom. The molecule has 0 aromatic carbocycles. The van der Waals surface area contributed by atoms with Gasteiger partial charge in [0, 0.05) is 24.4 Å². The molecule has 0 saturated heterocycles. The molecule has 1 atom stereocenters. The third-order valence-electron chi connectivity index (χ3n) is 2.72. The Kier molecular flexibility index (Phi) is 5.41. The number of alkyl halides is 1. The summed E-state index contributed by atoms with van der Waals surface area (Å²) in [6.45, 7) is 4.13. The molecule has 0 saturated carbocycles. The maximum absolute atomic E-state index is 11.7. The highest BCUT2D eigenvalue weighted by molar-refractivity contribution is 7.90. The summed E-state index contributed by atoms with van der Waals surface area (Å²) in [5.41, 5.74) is 0. The van der Waals surface area contributed by atoms with Crippen LogP contribution in [0.3, 0.4) is 0 Å². The van der Waals surface area contributed by atoms with Crippen molar-refractivity contribution < 1.29 is 8.42 Å². The number of nitrogens with one attached hydrogen (secondary N) is 1. The van der Waals surface area contributed by atoms with Gasteiger partial charge in [0.25, 0.3) is 0 Å². The number of rotatable bonds is 6. The summed E-state index contributed by atoms with van der Waals surface area (Å²) in [6, 6.07) is 3.29. The summed E-state index contributed by atoms with van der Waals surface area (Å²) >= 11 is 5.76. The second-order valence-corrected chi connectivity index (χ2v) is 6.96. The molecule has 1 heterocycles. The van der Waals surface area contributed by atoms with E-state index >= 15 is 0 Å². The molecule has 0 bridgehead atoms. The van der Waals surface area contributed by atoms with Crippen LogP contribution < -0.4 is 5.32 Å². The van der Waals surface area contributed by atoms with Crippen molar-refractivity contribution in [2.75, 3.05) is 17.5 Å². The van der Waals surface area contributed by atoms with Crippen molar-refractivity contribution in [2.45, 2.75) is 31.2 Å². The molecule has 102 valence electrons. The second kappa shape index (κ2) is 6.38. The van der Waals surface area contributed by atoms with Gasteiger partial charge in [0.15, 0.2) is 9.84 Å². The van der Waals surface area contributed by atoms with Gasteiger partial charge in [0.1, 0.15) is 10.7 Å². The highest BCUT2D eigenvalue weighted by Crippen LogP contribution is 2.21. The normalized spacial score (nSPS) is 13.6. The average Bonchev–Trinajstić information content (AvgIpc) is 2.27. The summed E-state index contributed by atoms with van der Waals surface area (Å²) < 4.78 is 23.3. The Morgan fingerprint density at radius 1 is 1.44 bits per heavy atom. The summed E-state index contributed by atoms with van der Waals surface area (Å²) in [4.78, 5) is 4.34. The van der Waals surface area contributed by atoms with E-state index in [1.54, 1.807) is 18.3 Å². The fourth-order valence-corrected chi connectivity index (χ4v) is 2.69. The molecule has 1 unspecified atom stereocenters. The van der Waals surface area contributed by atoms with E-state index in [4.69, 9.17) is 11.6 Å². The van der Waals surface area contributed by atoms with Gasteiger partial charge in [0.2, 0.25) is 0 Å². The molecule has 0 fully saturated rings. The third-order valence-corrected chi connectivity index (χ3v) is 4.06. The van der Waals surface area contributed by atoms with E-state index in [9.17, 15) is 8.42 Å². The minimum atomic E-state index is -3.28. The minimum Gasteiger partial charge on any atom is -0.366 e. The first kappa shape index (κ1) is 15.2. The SMILES string of the molecule is CC(C)C(CCCl)Nc1ncccc1S(C)(=O)=O. The van der Waals surface area contributed by atoms with Crippen LogP contribution >= 0.6 is 11.6 Å². The average molecular weight is 291 g/mol. The molecule has 0 radical (unpaired) electrons. The molecule has 1 N–H and O–H groups in total. The number of pyridine rings is 1. The van der Waals surface area contributed by atoms with Crippen LogP contribution in [0.15, 0.2) is 23.2 Å². The van der Waals surface area contributed by atoms with Gasteiger partial charge in [0.05, 0.1) is 0 Å². The van der Waals surface area contributed by atoms with Gasteiger partial charge in [-0.05, 0) is 24.5 Å². The molecule has 1 aromatic rings. The van der Waals surface area contributed by atoms with E-state index in [-0.39, 0.29) is 10.9 Å². The van der Waals surface area contributed by atoms with Gasteiger partial charge < -0.3 is 5.32 Å². The van der Waals surface area contributed by atoms with Crippen molar-refractivity contribution in [3.8, 4) is 0 Å². The number of hydrogen-bond donors (Lipinski definition) is 1. The van der Waals surface area contributed by atoms with Crippen LogP contribution in [0.4, 0.5) is 5.82 Å². The quantitative estimate of drug-likeness (QED) is 0.818. The first-order chi connectivity index (χ1) is 8.36. The number of anilines is 1. The summed E-state index contributed by atoms with van der Waals surface area (Å²) in [5, 5.41) is 3.18. The largest absolute Gasteiger partial charge is 0.366 e. The Morgan fingerprint density at radius 3 is 2.61 bits per heavy atom. The van der Waals surface area contributed by atoms with Crippen LogP contribution in [0.5, 0.6) is 0 Å². The highest BCUT2D eigenvalue weighted by atomic mass is 35.5. The molecular formula is C12H19ClN2O2S. The standard InChI is InChI=1S/C12H19ClN2O2S/c1-9(2)10(6-7-13)15-12-11(18(3,16)17)5-4-8-14-12/h4-5,8-10H,6-7H2,1-3H3,(H,14,15). The lowest BCUT2D eigenvalue weighted by Crippen LogP contribution is -2.27. The van der Waals surface area contributed by atoms with Crippen molar-refractivity contribution in [3.63, 3.8) is 0 Å². The smallest absolute Gasteiger partial charge is 0.179 e.